The van der Waals surface area contributed by atoms with Gasteiger partial charge >= 0.3 is 0 Å². The highest BCUT2D eigenvalue weighted by atomic mass is 32.2. The van der Waals surface area contributed by atoms with E-state index in [0.29, 0.717) is 29.5 Å². The van der Waals surface area contributed by atoms with Crippen LogP contribution in [-0.2, 0) is 14.8 Å². The summed E-state index contributed by atoms with van der Waals surface area (Å²) in [6.07, 6.45) is 0.133. The Morgan fingerprint density at radius 1 is 1.30 bits per heavy atom. The molecular weight excluding hydrogens is 368 g/mol. The van der Waals surface area contributed by atoms with Gasteiger partial charge < -0.3 is 14.8 Å². The normalized spacial score (nSPS) is 16.3. The Hall–Kier alpha value is -2.74. The summed E-state index contributed by atoms with van der Waals surface area (Å²) in [5.41, 5.74) is 1.85. The third-order valence-electron chi connectivity index (χ3n) is 4.12. The van der Waals surface area contributed by atoms with E-state index in [1.54, 1.807) is 30.3 Å². The second-order valence-corrected chi connectivity index (χ2v) is 8.20. The van der Waals surface area contributed by atoms with E-state index < -0.39 is 22.0 Å². The van der Waals surface area contributed by atoms with Crippen molar-refractivity contribution in [3.8, 4) is 11.5 Å². The number of nitrogens with one attached hydrogen (secondary N) is 1. The minimum absolute atomic E-state index is 0.0993. The van der Waals surface area contributed by atoms with Gasteiger partial charge in [-0.25, -0.2) is 8.42 Å². The predicted octanol–water partition coefficient (Wildman–Crippen LogP) is 2.56. The molecule has 0 fully saturated rings. The van der Waals surface area contributed by atoms with Crippen molar-refractivity contribution in [3.63, 3.8) is 0 Å². The molecular formula is C19H22N2O5S. The first-order chi connectivity index (χ1) is 12.8. The van der Waals surface area contributed by atoms with Gasteiger partial charge in [-0.15, -0.1) is 0 Å². The van der Waals surface area contributed by atoms with Gasteiger partial charge in [-0.05, 0) is 43.7 Å². The summed E-state index contributed by atoms with van der Waals surface area (Å²) in [4.78, 5) is 12.8. The molecule has 0 spiro atoms. The van der Waals surface area contributed by atoms with Crippen molar-refractivity contribution in [2.45, 2.75) is 20.0 Å². The van der Waals surface area contributed by atoms with Gasteiger partial charge in [-0.3, -0.25) is 9.10 Å². The second kappa shape index (κ2) is 7.48. The van der Waals surface area contributed by atoms with Crippen LogP contribution in [-0.4, -0.2) is 39.8 Å². The number of aryl methyl sites for hydroxylation is 1. The van der Waals surface area contributed by atoms with Crippen molar-refractivity contribution in [1.82, 2.24) is 0 Å². The Morgan fingerprint density at radius 3 is 2.74 bits per heavy atom. The number of anilines is 2. The largest absolute Gasteiger partial charge is 0.492 e. The zero-order chi connectivity index (χ0) is 19.6. The van der Waals surface area contributed by atoms with Crippen molar-refractivity contribution in [3.05, 3.63) is 48.0 Å². The lowest BCUT2D eigenvalue weighted by molar-refractivity contribution is -0.122. The van der Waals surface area contributed by atoms with E-state index in [1.165, 1.54) is 4.31 Å². The quantitative estimate of drug-likeness (QED) is 0.848. The SMILES string of the molecule is CCOc1ccccc1NC(=O)[C@H]1CN(S(C)(=O)=O)c2cc(C)ccc2O1. The number of amides is 1. The highest BCUT2D eigenvalue weighted by Gasteiger charge is 2.35. The Morgan fingerprint density at radius 2 is 2.04 bits per heavy atom. The molecule has 27 heavy (non-hydrogen) atoms. The number of hydrogen-bond donors (Lipinski definition) is 1. The average molecular weight is 390 g/mol. The molecule has 2 aromatic rings. The molecule has 0 aliphatic carbocycles. The van der Waals surface area contributed by atoms with Crippen LogP contribution in [0.5, 0.6) is 11.5 Å². The van der Waals surface area contributed by atoms with Crippen molar-refractivity contribution in [1.29, 1.82) is 0 Å². The summed E-state index contributed by atoms with van der Waals surface area (Å²) in [6.45, 7) is 4.08. The van der Waals surface area contributed by atoms with E-state index in [1.807, 2.05) is 26.0 Å². The summed E-state index contributed by atoms with van der Waals surface area (Å²) in [5, 5.41) is 2.77. The first-order valence-corrected chi connectivity index (χ1v) is 10.4. The summed E-state index contributed by atoms with van der Waals surface area (Å²) < 4.78 is 37.0. The molecule has 2 aromatic carbocycles. The maximum absolute atomic E-state index is 12.8. The van der Waals surface area contributed by atoms with E-state index in [9.17, 15) is 13.2 Å². The Balaban J connectivity index is 1.88. The van der Waals surface area contributed by atoms with Crippen molar-refractivity contribution < 1.29 is 22.7 Å². The van der Waals surface area contributed by atoms with Crippen LogP contribution in [0.25, 0.3) is 0 Å². The van der Waals surface area contributed by atoms with Crippen LogP contribution in [0, 0.1) is 6.92 Å². The molecule has 3 rings (SSSR count). The Labute approximate surface area is 158 Å². The Kier molecular flexibility index (Phi) is 5.27. The van der Waals surface area contributed by atoms with Crippen LogP contribution >= 0.6 is 0 Å². The zero-order valence-corrected chi connectivity index (χ0v) is 16.2. The van der Waals surface area contributed by atoms with Gasteiger partial charge in [0, 0.05) is 0 Å². The fraction of sp³-hybridized carbons (Fsp3) is 0.316. The summed E-state index contributed by atoms with van der Waals surface area (Å²) in [7, 11) is -3.56. The van der Waals surface area contributed by atoms with E-state index in [-0.39, 0.29) is 6.54 Å². The van der Waals surface area contributed by atoms with Gasteiger partial charge in [0.05, 0.1) is 30.8 Å². The minimum atomic E-state index is -3.56. The van der Waals surface area contributed by atoms with Crippen LogP contribution in [0.4, 0.5) is 11.4 Å². The average Bonchev–Trinajstić information content (AvgIpc) is 2.61. The van der Waals surface area contributed by atoms with Crippen LogP contribution < -0.4 is 19.1 Å². The molecule has 1 aliphatic heterocycles. The highest BCUT2D eigenvalue weighted by Crippen LogP contribution is 2.36. The first-order valence-electron chi connectivity index (χ1n) is 8.57. The standard InChI is InChI=1S/C19H22N2O5S/c1-4-25-16-8-6-5-7-14(16)20-19(22)18-12-21(27(3,23)24)15-11-13(2)9-10-17(15)26-18/h5-11,18H,4,12H2,1-3H3,(H,20,22)/t18-/m1/s1. The van der Waals surface area contributed by atoms with Crippen molar-refractivity contribution in [2.24, 2.45) is 0 Å². The number of para-hydroxylation sites is 2. The first kappa shape index (κ1) is 19.0. The molecule has 0 aromatic heterocycles. The maximum Gasteiger partial charge on any atom is 0.267 e. The molecule has 0 saturated heterocycles. The molecule has 1 heterocycles. The predicted molar refractivity (Wildman–Crippen MR) is 104 cm³/mol. The fourth-order valence-corrected chi connectivity index (χ4v) is 3.78. The van der Waals surface area contributed by atoms with Crippen LogP contribution in [0.15, 0.2) is 42.5 Å². The van der Waals surface area contributed by atoms with E-state index in [4.69, 9.17) is 9.47 Å². The van der Waals surface area contributed by atoms with Gasteiger partial charge in [0.25, 0.3) is 5.91 Å². The molecule has 1 aliphatic rings. The maximum atomic E-state index is 12.8. The van der Waals surface area contributed by atoms with Crippen LogP contribution in [0.2, 0.25) is 0 Å². The number of sulfonamides is 1. The van der Waals surface area contributed by atoms with E-state index >= 15 is 0 Å². The van der Waals surface area contributed by atoms with E-state index in [2.05, 4.69) is 5.32 Å². The van der Waals surface area contributed by atoms with Gasteiger partial charge in [0.2, 0.25) is 10.0 Å². The van der Waals surface area contributed by atoms with Gasteiger partial charge in [-0.1, -0.05) is 18.2 Å². The molecule has 1 atom stereocenters. The number of carbonyl (C=O) groups excluding carboxylic acids is 1. The van der Waals surface area contributed by atoms with E-state index in [0.717, 1.165) is 11.8 Å². The number of ether oxygens (including phenoxy) is 2. The molecule has 0 saturated carbocycles. The second-order valence-electron chi connectivity index (χ2n) is 6.29. The lowest BCUT2D eigenvalue weighted by Crippen LogP contribution is -2.48. The molecule has 7 nitrogen and oxygen atoms in total. The topological polar surface area (TPSA) is 84.9 Å². The number of nitrogens with zero attached hydrogens (tertiary/aromatic N) is 1. The molecule has 8 heteroatoms. The lowest BCUT2D eigenvalue weighted by atomic mass is 10.1. The zero-order valence-electron chi connectivity index (χ0n) is 15.4. The third-order valence-corrected chi connectivity index (χ3v) is 5.27. The molecule has 0 radical (unpaired) electrons. The van der Waals surface area contributed by atoms with Gasteiger partial charge in [0.15, 0.2) is 6.10 Å². The molecule has 144 valence electrons. The molecule has 0 unspecified atom stereocenters. The fourth-order valence-electron chi connectivity index (χ4n) is 2.88. The number of fused-ring (bicyclic) bond motifs is 1. The monoisotopic (exact) mass is 390 g/mol. The summed E-state index contributed by atoms with van der Waals surface area (Å²) >= 11 is 0. The van der Waals surface area contributed by atoms with Crippen LogP contribution in [0.3, 0.4) is 0 Å². The smallest absolute Gasteiger partial charge is 0.267 e. The summed E-state index contributed by atoms with van der Waals surface area (Å²) in [5.74, 6) is 0.456. The molecule has 1 amide bonds. The number of carbonyl (C=O) groups is 1. The van der Waals surface area contributed by atoms with Gasteiger partial charge in [0.1, 0.15) is 11.5 Å². The highest BCUT2D eigenvalue weighted by molar-refractivity contribution is 7.92. The molecule has 0 bridgehead atoms. The minimum Gasteiger partial charge on any atom is -0.492 e. The molecule has 1 N–H and O–H groups in total. The number of rotatable bonds is 5. The third kappa shape index (κ3) is 4.16. The Bertz CT molecular complexity index is 958. The number of benzene rings is 2. The van der Waals surface area contributed by atoms with Crippen LogP contribution in [0.1, 0.15) is 12.5 Å². The van der Waals surface area contributed by atoms with Gasteiger partial charge in [-0.2, -0.15) is 0 Å². The number of hydrogen-bond acceptors (Lipinski definition) is 5. The van der Waals surface area contributed by atoms with Crippen molar-refractivity contribution in [2.75, 3.05) is 29.0 Å². The summed E-state index contributed by atoms with van der Waals surface area (Å²) in [6, 6.07) is 12.3. The van der Waals surface area contributed by atoms with Crippen molar-refractivity contribution >= 4 is 27.3 Å². The lowest BCUT2D eigenvalue weighted by Gasteiger charge is -2.34.